The second kappa shape index (κ2) is 16.6. The Morgan fingerprint density at radius 2 is 1.38 bits per heavy atom. The van der Waals surface area contributed by atoms with Gasteiger partial charge in [0.25, 0.3) is 0 Å². The van der Waals surface area contributed by atoms with Crippen LogP contribution in [0.4, 0.5) is 0 Å². The first-order valence-electron chi connectivity index (χ1n) is 13.5. The van der Waals surface area contributed by atoms with E-state index < -0.39 is 5.97 Å². The highest BCUT2D eigenvalue weighted by Gasteiger charge is 2.23. The van der Waals surface area contributed by atoms with E-state index in [0.717, 1.165) is 63.0 Å². The molecule has 2 saturated heterocycles. The topological polar surface area (TPSA) is 79.3 Å². The van der Waals surface area contributed by atoms with E-state index >= 15 is 0 Å². The lowest BCUT2D eigenvalue weighted by atomic mass is 9.96. The molecule has 0 aromatic heterocycles. The number of carbonyl (C=O) groups is 2. The van der Waals surface area contributed by atoms with Crippen molar-refractivity contribution in [3.05, 3.63) is 56.6 Å². The van der Waals surface area contributed by atoms with E-state index in [9.17, 15) is 14.7 Å². The van der Waals surface area contributed by atoms with Gasteiger partial charge < -0.3 is 14.6 Å². The number of hydrogen-bond acceptors (Lipinski definition) is 7. The lowest BCUT2D eigenvalue weighted by Crippen LogP contribution is -2.30. The van der Waals surface area contributed by atoms with Crippen LogP contribution in [0.3, 0.4) is 0 Å². The molecule has 11 heteroatoms. The van der Waals surface area contributed by atoms with E-state index in [1.165, 1.54) is 18.9 Å². The summed E-state index contributed by atoms with van der Waals surface area (Å²) in [6, 6.07) is 6.64. The largest absolute Gasteiger partial charge is 0.507 e. The molecule has 0 unspecified atom stereocenters. The Hall–Kier alpha value is -1.74. The highest BCUT2D eigenvalue weighted by Crippen LogP contribution is 2.37. The molecule has 0 spiro atoms. The van der Waals surface area contributed by atoms with Crippen molar-refractivity contribution in [2.75, 3.05) is 39.4 Å². The van der Waals surface area contributed by atoms with Gasteiger partial charge in [0.1, 0.15) is 16.5 Å². The average Bonchev–Trinajstić information content (AvgIpc) is 2.92. The zero-order chi connectivity index (χ0) is 27.1. The number of halogens is 4. The minimum Gasteiger partial charge on any atom is -0.507 e. The highest BCUT2D eigenvalue weighted by molar-refractivity contribution is 6.45. The maximum atomic E-state index is 13.7. The molecule has 2 aliphatic heterocycles. The van der Waals surface area contributed by atoms with E-state index in [0.29, 0.717) is 18.7 Å². The number of phenols is 1. The van der Waals surface area contributed by atoms with E-state index in [-0.39, 0.29) is 70.9 Å². The summed E-state index contributed by atoms with van der Waals surface area (Å²) in [5.74, 6) is -0.340. The molecular formula is C29H38Cl4N2O5. The van der Waals surface area contributed by atoms with Crippen LogP contribution < -0.4 is 4.74 Å². The standard InChI is InChI=1S/C29H36Cl2N2O5.2ClH/c1-2-37-25(34)19-38-24-10-9-23(26(30)27(24)31)29(36)20-15-21(17-32-11-5-3-6-12-32)28(35)22(16-20)18-33-13-7-4-8-14-33;;/h9-10,15-16,35H,2-8,11-14,17-19H2,1H3;2*1H. The Bertz CT molecular complexity index is 1110. The van der Waals surface area contributed by atoms with Crippen molar-refractivity contribution >= 4 is 59.8 Å². The van der Waals surface area contributed by atoms with Crippen molar-refractivity contribution in [3.8, 4) is 11.5 Å². The van der Waals surface area contributed by atoms with Crippen LogP contribution in [0.5, 0.6) is 11.5 Å². The maximum Gasteiger partial charge on any atom is 0.344 e. The number of ether oxygens (including phenoxy) is 2. The fourth-order valence-corrected chi connectivity index (χ4v) is 5.62. The Morgan fingerprint density at radius 1 is 0.850 bits per heavy atom. The smallest absolute Gasteiger partial charge is 0.344 e. The lowest BCUT2D eigenvalue weighted by molar-refractivity contribution is -0.145. The number of hydrogen-bond donors (Lipinski definition) is 1. The van der Waals surface area contributed by atoms with Gasteiger partial charge in [0.05, 0.1) is 11.6 Å². The third kappa shape index (κ3) is 8.88. The first-order chi connectivity index (χ1) is 18.4. The summed E-state index contributed by atoms with van der Waals surface area (Å²) >= 11 is 12.9. The van der Waals surface area contributed by atoms with Gasteiger partial charge in [0.15, 0.2) is 12.4 Å². The Kier molecular flexibility index (Phi) is 14.3. The molecule has 0 radical (unpaired) electrons. The van der Waals surface area contributed by atoms with Crippen LogP contribution in [0.1, 0.15) is 72.5 Å². The van der Waals surface area contributed by atoms with E-state index in [1.54, 1.807) is 25.1 Å². The average molecular weight is 636 g/mol. The van der Waals surface area contributed by atoms with E-state index in [2.05, 4.69) is 9.80 Å². The Balaban J connectivity index is 0.00000280. The number of phenolic OH excluding ortho intramolecular Hbond substituents is 1. The van der Waals surface area contributed by atoms with Crippen molar-refractivity contribution in [1.82, 2.24) is 9.80 Å². The summed E-state index contributed by atoms with van der Waals surface area (Å²) in [4.78, 5) is 30.0. The van der Waals surface area contributed by atoms with Crippen molar-refractivity contribution in [3.63, 3.8) is 0 Å². The quantitative estimate of drug-likeness (QED) is 0.230. The monoisotopic (exact) mass is 634 g/mol. The van der Waals surface area contributed by atoms with Gasteiger partial charge >= 0.3 is 5.97 Å². The van der Waals surface area contributed by atoms with Gasteiger partial charge in [-0.3, -0.25) is 14.6 Å². The molecule has 222 valence electrons. The third-order valence-electron chi connectivity index (χ3n) is 7.16. The van der Waals surface area contributed by atoms with Crippen LogP contribution in [-0.2, 0) is 22.6 Å². The van der Waals surface area contributed by atoms with Crippen LogP contribution in [0.15, 0.2) is 24.3 Å². The van der Waals surface area contributed by atoms with Gasteiger partial charge in [0.2, 0.25) is 0 Å². The van der Waals surface area contributed by atoms with Crippen molar-refractivity contribution in [2.45, 2.75) is 58.5 Å². The number of piperidine rings is 2. The molecule has 1 N–H and O–H groups in total. The number of nitrogens with zero attached hydrogens (tertiary/aromatic N) is 2. The zero-order valence-corrected chi connectivity index (χ0v) is 25.9. The minimum absolute atomic E-state index is 0. The molecule has 4 rings (SSSR count). The molecule has 2 heterocycles. The normalized spacial score (nSPS) is 16.0. The number of esters is 1. The van der Waals surface area contributed by atoms with Crippen LogP contribution >= 0.6 is 48.0 Å². The summed E-state index contributed by atoms with van der Waals surface area (Å²) < 4.78 is 10.3. The second-order valence-electron chi connectivity index (χ2n) is 9.98. The number of aromatic hydroxyl groups is 1. The summed E-state index contributed by atoms with van der Waals surface area (Å²) in [7, 11) is 0. The molecule has 0 amide bonds. The Labute approximate surface area is 258 Å². The molecule has 2 aromatic rings. The van der Waals surface area contributed by atoms with Crippen LogP contribution in [-0.4, -0.2) is 66.1 Å². The molecule has 0 aliphatic carbocycles. The highest BCUT2D eigenvalue weighted by atomic mass is 35.5. The van der Waals surface area contributed by atoms with Crippen molar-refractivity contribution in [1.29, 1.82) is 0 Å². The first-order valence-corrected chi connectivity index (χ1v) is 14.2. The summed E-state index contributed by atoms with van der Waals surface area (Å²) in [5.41, 5.74) is 2.20. The predicted octanol–water partition coefficient (Wildman–Crippen LogP) is 6.69. The molecule has 2 fully saturated rings. The Morgan fingerprint density at radius 3 is 1.88 bits per heavy atom. The van der Waals surface area contributed by atoms with Crippen molar-refractivity contribution in [2.24, 2.45) is 0 Å². The lowest BCUT2D eigenvalue weighted by Gasteiger charge is -2.29. The molecule has 2 aromatic carbocycles. The van der Waals surface area contributed by atoms with Gasteiger partial charge in [-0.15, -0.1) is 24.8 Å². The zero-order valence-electron chi connectivity index (χ0n) is 22.8. The van der Waals surface area contributed by atoms with Gasteiger partial charge in [-0.05, 0) is 83.1 Å². The summed E-state index contributed by atoms with van der Waals surface area (Å²) in [6.45, 7) is 6.75. The van der Waals surface area contributed by atoms with Gasteiger partial charge in [0, 0.05) is 35.3 Å². The van der Waals surface area contributed by atoms with Gasteiger partial charge in [-0.25, -0.2) is 4.79 Å². The van der Waals surface area contributed by atoms with E-state index in [1.807, 2.05) is 0 Å². The summed E-state index contributed by atoms with van der Waals surface area (Å²) in [5, 5.41) is 11.4. The fourth-order valence-electron chi connectivity index (χ4n) is 5.16. The summed E-state index contributed by atoms with van der Waals surface area (Å²) in [6.07, 6.45) is 6.99. The number of carbonyl (C=O) groups excluding carboxylic acids is 2. The maximum absolute atomic E-state index is 13.7. The molecule has 40 heavy (non-hydrogen) atoms. The van der Waals surface area contributed by atoms with Gasteiger partial charge in [-0.2, -0.15) is 0 Å². The molecule has 0 bridgehead atoms. The number of rotatable bonds is 10. The van der Waals surface area contributed by atoms with E-state index in [4.69, 9.17) is 32.7 Å². The minimum atomic E-state index is -0.522. The molecule has 7 nitrogen and oxygen atoms in total. The second-order valence-corrected chi connectivity index (χ2v) is 10.7. The number of benzene rings is 2. The third-order valence-corrected chi connectivity index (χ3v) is 8.02. The molecular weight excluding hydrogens is 598 g/mol. The first kappa shape index (κ1) is 34.5. The molecule has 0 atom stereocenters. The van der Waals surface area contributed by atoms with Gasteiger partial charge in [-0.1, -0.05) is 36.0 Å². The fraction of sp³-hybridized carbons (Fsp3) is 0.517. The van der Waals surface area contributed by atoms with Crippen molar-refractivity contribution < 1.29 is 24.2 Å². The SMILES string of the molecule is CCOC(=O)COc1ccc(C(=O)c2cc(CN3CCCCC3)c(O)c(CN3CCCCC3)c2)c(Cl)c1Cl.Cl.Cl. The van der Waals surface area contributed by atoms with Crippen LogP contribution in [0.2, 0.25) is 10.0 Å². The van der Waals surface area contributed by atoms with Crippen LogP contribution in [0.25, 0.3) is 0 Å². The number of likely N-dealkylation sites (tertiary alicyclic amines) is 2. The number of ketones is 1. The molecule has 0 saturated carbocycles. The van der Waals surface area contributed by atoms with Crippen LogP contribution in [0, 0.1) is 0 Å². The molecule has 2 aliphatic rings. The predicted molar refractivity (Wildman–Crippen MR) is 163 cm³/mol.